The summed E-state index contributed by atoms with van der Waals surface area (Å²) in [6, 6.07) is 15.5. The lowest BCUT2D eigenvalue weighted by Gasteiger charge is -2.11. The van der Waals surface area contributed by atoms with E-state index in [1.807, 2.05) is 74.8 Å². The van der Waals surface area contributed by atoms with E-state index in [-0.39, 0.29) is 6.04 Å². The van der Waals surface area contributed by atoms with Crippen LogP contribution in [0.5, 0.6) is 0 Å². The molecular formula is C18H18N8. The molecule has 0 aliphatic rings. The molecule has 0 amide bonds. The van der Waals surface area contributed by atoms with Crippen LogP contribution >= 0.6 is 0 Å². The zero-order chi connectivity index (χ0) is 17.9. The summed E-state index contributed by atoms with van der Waals surface area (Å²) < 4.78 is 3.45. The van der Waals surface area contributed by atoms with Crippen LogP contribution in [-0.2, 0) is 0 Å². The van der Waals surface area contributed by atoms with Gasteiger partial charge in [0, 0.05) is 6.20 Å². The minimum Gasteiger partial charge on any atom is -0.360 e. The lowest BCUT2D eigenvalue weighted by Crippen LogP contribution is -2.10. The molecule has 0 fully saturated rings. The predicted molar refractivity (Wildman–Crippen MR) is 97.3 cm³/mol. The maximum Gasteiger partial charge on any atom is 0.175 e. The first-order valence-corrected chi connectivity index (χ1v) is 8.29. The fourth-order valence-corrected chi connectivity index (χ4v) is 2.54. The van der Waals surface area contributed by atoms with Gasteiger partial charge >= 0.3 is 0 Å². The number of nitrogens with one attached hydrogen (secondary N) is 1. The molecule has 0 spiro atoms. The molecule has 1 aromatic carbocycles. The molecule has 1 atom stereocenters. The van der Waals surface area contributed by atoms with Crippen LogP contribution < -0.4 is 5.32 Å². The number of hydrogen-bond donors (Lipinski definition) is 1. The average Bonchev–Trinajstić information content (AvgIpc) is 3.32. The highest BCUT2D eigenvalue weighted by Crippen LogP contribution is 2.17. The molecule has 1 unspecified atom stereocenters. The molecule has 0 radical (unpaired) electrons. The van der Waals surface area contributed by atoms with Crippen LogP contribution in [0.15, 0.2) is 60.9 Å². The van der Waals surface area contributed by atoms with Gasteiger partial charge in [0.15, 0.2) is 5.82 Å². The highest BCUT2D eigenvalue weighted by molar-refractivity contribution is 5.38. The van der Waals surface area contributed by atoms with Crippen molar-refractivity contribution in [2.45, 2.75) is 19.9 Å². The standard InChI is InChI=1S/C18H18N8/c1-13-10-11-25(23-13)18-9-8-17(21-22-18)19-14(2)16-12-26(24-20-16)15-6-4-3-5-7-15/h3-12,14H,1-2H3,(H,19,21). The largest absolute Gasteiger partial charge is 0.360 e. The smallest absolute Gasteiger partial charge is 0.175 e. The normalized spacial score (nSPS) is 12.1. The fraction of sp³-hybridized carbons (Fsp3) is 0.167. The molecule has 0 saturated carbocycles. The molecule has 0 bridgehead atoms. The molecule has 8 heteroatoms. The molecule has 4 aromatic rings. The van der Waals surface area contributed by atoms with E-state index in [1.54, 1.807) is 9.36 Å². The van der Waals surface area contributed by atoms with Gasteiger partial charge in [0.25, 0.3) is 0 Å². The fourth-order valence-electron chi connectivity index (χ4n) is 2.54. The molecular weight excluding hydrogens is 328 g/mol. The van der Waals surface area contributed by atoms with Gasteiger partial charge in [-0.3, -0.25) is 0 Å². The summed E-state index contributed by atoms with van der Waals surface area (Å²) in [5.41, 5.74) is 2.73. The van der Waals surface area contributed by atoms with Gasteiger partial charge < -0.3 is 5.32 Å². The molecule has 0 aliphatic heterocycles. The number of anilines is 1. The molecule has 3 heterocycles. The van der Waals surface area contributed by atoms with Crippen LogP contribution in [0.3, 0.4) is 0 Å². The van der Waals surface area contributed by atoms with E-state index in [2.05, 4.69) is 30.9 Å². The maximum atomic E-state index is 4.32. The van der Waals surface area contributed by atoms with Crippen molar-refractivity contribution < 1.29 is 0 Å². The van der Waals surface area contributed by atoms with Crippen LogP contribution in [0.4, 0.5) is 5.82 Å². The Morgan fingerprint density at radius 3 is 2.46 bits per heavy atom. The molecule has 4 rings (SSSR count). The van der Waals surface area contributed by atoms with Crippen molar-refractivity contribution in [3.8, 4) is 11.5 Å². The van der Waals surface area contributed by atoms with Crippen molar-refractivity contribution in [3.05, 3.63) is 72.3 Å². The minimum atomic E-state index is -0.0560. The number of rotatable bonds is 5. The topological polar surface area (TPSA) is 86.3 Å². The number of nitrogens with zero attached hydrogens (tertiary/aromatic N) is 7. The van der Waals surface area contributed by atoms with Crippen LogP contribution in [0.1, 0.15) is 24.4 Å². The molecule has 8 nitrogen and oxygen atoms in total. The van der Waals surface area contributed by atoms with Crippen LogP contribution in [0.2, 0.25) is 0 Å². The predicted octanol–water partition coefficient (Wildman–Crippen LogP) is 2.72. The van der Waals surface area contributed by atoms with Crippen molar-refractivity contribution in [1.82, 2.24) is 35.0 Å². The number of aromatic nitrogens is 7. The van der Waals surface area contributed by atoms with E-state index in [4.69, 9.17) is 0 Å². The van der Waals surface area contributed by atoms with Crippen LogP contribution in [0, 0.1) is 6.92 Å². The third kappa shape index (κ3) is 3.30. The van der Waals surface area contributed by atoms with Crippen LogP contribution in [0.25, 0.3) is 11.5 Å². The maximum absolute atomic E-state index is 4.32. The quantitative estimate of drug-likeness (QED) is 0.598. The average molecular weight is 346 g/mol. The van der Waals surface area contributed by atoms with Crippen molar-refractivity contribution in [1.29, 1.82) is 0 Å². The SMILES string of the molecule is Cc1ccn(-c2ccc(NC(C)c3cn(-c4ccccc4)nn3)nn2)n1. The van der Waals surface area contributed by atoms with Gasteiger partial charge in [0.1, 0.15) is 11.5 Å². The second-order valence-corrected chi connectivity index (χ2v) is 5.97. The van der Waals surface area contributed by atoms with E-state index in [0.717, 1.165) is 17.1 Å². The number of aryl methyl sites for hydroxylation is 1. The Morgan fingerprint density at radius 1 is 0.923 bits per heavy atom. The molecule has 3 aromatic heterocycles. The summed E-state index contributed by atoms with van der Waals surface area (Å²) in [7, 11) is 0. The van der Waals surface area contributed by atoms with Crippen molar-refractivity contribution in [3.63, 3.8) is 0 Å². The highest BCUT2D eigenvalue weighted by Gasteiger charge is 2.12. The summed E-state index contributed by atoms with van der Waals surface area (Å²) >= 11 is 0. The Labute approximate surface area is 150 Å². The first-order valence-electron chi connectivity index (χ1n) is 8.29. The Balaban J connectivity index is 1.46. The second kappa shape index (κ2) is 6.75. The van der Waals surface area contributed by atoms with Crippen LogP contribution in [-0.4, -0.2) is 35.0 Å². The van der Waals surface area contributed by atoms with E-state index in [1.165, 1.54) is 0 Å². The summed E-state index contributed by atoms with van der Waals surface area (Å²) in [6.07, 6.45) is 3.76. The molecule has 130 valence electrons. The van der Waals surface area contributed by atoms with Crippen molar-refractivity contribution >= 4 is 5.82 Å². The summed E-state index contributed by atoms with van der Waals surface area (Å²) in [4.78, 5) is 0. The molecule has 0 saturated heterocycles. The first-order chi connectivity index (χ1) is 12.7. The Kier molecular flexibility index (Phi) is 4.14. The van der Waals surface area contributed by atoms with Crippen molar-refractivity contribution in [2.75, 3.05) is 5.32 Å². The number of hydrogen-bond acceptors (Lipinski definition) is 6. The van der Waals surface area contributed by atoms with Gasteiger partial charge in [-0.15, -0.1) is 15.3 Å². The van der Waals surface area contributed by atoms with E-state index < -0.39 is 0 Å². The van der Waals surface area contributed by atoms with Gasteiger partial charge in [0.05, 0.1) is 23.6 Å². The monoisotopic (exact) mass is 346 g/mol. The zero-order valence-electron chi connectivity index (χ0n) is 14.5. The third-order valence-electron chi connectivity index (χ3n) is 3.95. The van der Waals surface area contributed by atoms with Gasteiger partial charge in [-0.05, 0) is 44.2 Å². The minimum absolute atomic E-state index is 0.0560. The number of para-hydroxylation sites is 1. The Bertz CT molecular complexity index is 987. The lowest BCUT2D eigenvalue weighted by molar-refractivity contribution is 0.772. The summed E-state index contributed by atoms with van der Waals surface area (Å²) in [5.74, 6) is 1.34. The van der Waals surface area contributed by atoms with Gasteiger partial charge in [0.2, 0.25) is 0 Å². The lowest BCUT2D eigenvalue weighted by atomic mass is 10.2. The molecule has 1 N–H and O–H groups in total. The summed E-state index contributed by atoms with van der Waals surface area (Å²) in [5, 5.41) is 24.5. The Morgan fingerprint density at radius 2 is 1.77 bits per heavy atom. The van der Waals surface area contributed by atoms with Crippen molar-refractivity contribution in [2.24, 2.45) is 0 Å². The molecule has 26 heavy (non-hydrogen) atoms. The van der Waals surface area contributed by atoms with Gasteiger partial charge in [-0.2, -0.15) is 5.10 Å². The van der Waals surface area contributed by atoms with E-state index >= 15 is 0 Å². The summed E-state index contributed by atoms with van der Waals surface area (Å²) in [6.45, 7) is 3.94. The molecule has 0 aliphatic carbocycles. The first kappa shape index (κ1) is 15.9. The zero-order valence-corrected chi connectivity index (χ0v) is 14.5. The van der Waals surface area contributed by atoms with Gasteiger partial charge in [-0.25, -0.2) is 9.36 Å². The van der Waals surface area contributed by atoms with E-state index in [0.29, 0.717) is 11.6 Å². The third-order valence-corrected chi connectivity index (χ3v) is 3.95. The van der Waals surface area contributed by atoms with Gasteiger partial charge in [-0.1, -0.05) is 23.4 Å². The Hall–Kier alpha value is -3.55. The second-order valence-electron chi connectivity index (χ2n) is 5.97. The van der Waals surface area contributed by atoms with E-state index in [9.17, 15) is 0 Å². The highest BCUT2D eigenvalue weighted by atomic mass is 15.4. The number of benzene rings is 1.